The van der Waals surface area contributed by atoms with E-state index < -0.39 is 0 Å². The second-order valence-corrected chi connectivity index (χ2v) is 5.78. The highest BCUT2D eigenvalue weighted by Gasteiger charge is 2.10. The zero-order chi connectivity index (χ0) is 10.7. The molecule has 2 rings (SSSR count). The Labute approximate surface area is 105 Å². The van der Waals surface area contributed by atoms with Crippen molar-refractivity contribution in [2.75, 3.05) is 13.6 Å². The van der Waals surface area contributed by atoms with E-state index in [2.05, 4.69) is 31.4 Å². The standard InChI is InChI=1S/C9H10BrN3S2/c1-11-4-2-7-12-13-9(15-7)8-6(10)3-5-14-8/h3,5,11H,2,4H2,1H3. The zero-order valence-corrected chi connectivity index (χ0v) is 11.4. The van der Waals surface area contributed by atoms with Crippen LogP contribution in [0.1, 0.15) is 5.01 Å². The van der Waals surface area contributed by atoms with Crippen LogP contribution in [0.25, 0.3) is 9.88 Å². The quantitative estimate of drug-likeness (QED) is 0.944. The van der Waals surface area contributed by atoms with E-state index in [9.17, 15) is 0 Å². The van der Waals surface area contributed by atoms with Gasteiger partial charge in [0.25, 0.3) is 0 Å². The highest BCUT2D eigenvalue weighted by atomic mass is 79.9. The molecule has 0 saturated heterocycles. The molecule has 1 N–H and O–H groups in total. The van der Waals surface area contributed by atoms with Gasteiger partial charge in [0.15, 0.2) is 5.01 Å². The van der Waals surface area contributed by atoms with E-state index in [0.717, 1.165) is 27.5 Å². The number of thiophene rings is 1. The number of nitrogens with one attached hydrogen (secondary N) is 1. The molecule has 0 aliphatic rings. The Morgan fingerprint density at radius 1 is 1.47 bits per heavy atom. The van der Waals surface area contributed by atoms with Gasteiger partial charge in [0, 0.05) is 17.4 Å². The lowest BCUT2D eigenvalue weighted by atomic mass is 10.4. The molecule has 15 heavy (non-hydrogen) atoms. The molecule has 2 aromatic heterocycles. The summed E-state index contributed by atoms with van der Waals surface area (Å²) in [5, 5.41) is 15.6. The van der Waals surface area contributed by atoms with Gasteiger partial charge in [-0.25, -0.2) is 0 Å². The third-order valence-corrected chi connectivity index (χ3v) is 4.84. The monoisotopic (exact) mass is 303 g/mol. The minimum absolute atomic E-state index is 0.942. The predicted octanol–water partition coefficient (Wildman–Crippen LogP) is 2.79. The molecule has 0 amide bonds. The van der Waals surface area contributed by atoms with Crippen molar-refractivity contribution in [3.8, 4) is 9.88 Å². The molecule has 0 saturated carbocycles. The fourth-order valence-corrected chi connectivity index (χ4v) is 3.76. The Morgan fingerprint density at radius 3 is 3.00 bits per heavy atom. The third kappa shape index (κ3) is 2.63. The molecule has 6 heteroatoms. The van der Waals surface area contributed by atoms with Crippen LogP contribution in [0.2, 0.25) is 0 Å². The Morgan fingerprint density at radius 2 is 2.33 bits per heavy atom. The first-order chi connectivity index (χ1) is 7.31. The van der Waals surface area contributed by atoms with E-state index in [1.807, 2.05) is 18.5 Å². The Hall–Kier alpha value is -0.300. The van der Waals surface area contributed by atoms with Crippen molar-refractivity contribution in [3.05, 3.63) is 20.9 Å². The van der Waals surface area contributed by atoms with Crippen LogP contribution < -0.4 is 5.32 Å². The van der Waals surface area contributed by atoms with Gasteiger partial charge in [-0.2, -0.15) is 0 Å². The molecular weight excluding hydrogens is 294 g/mol. The van der Waals surface area contributed by atoms with Gasteiger partial charge in [-0.15, -0.1) is 21.5 Å². The number of halogens is 1. The number of aromatic nitrogens is 2. The van der Waals surface area contributed by atoms with Crippen molar-refractivity contribution in [1.29, 1.82) is 0 Å². The molecule has 0 bridgehead atoms. The van der Waals surface area contributed by atoms with Crippen LogP contribution in [0.5, 0.6) is 0 Å². The molecule has 80 valence electrons. The number of hydrogen-bond donors (Lipinski definition) is 1. The van der Waals surface area contributed by atoms with Gasteiger partial charge in [-0.3, -0.25) is 0 Å². The fourth-order valence-electron chi connectivity index (χ4n) is 1.12. The summed E-state index contributed by atoms with van der Waals surface area (Å²) in [5.41, 5.74) is 0. The van der Waals surface area contributed by atoms with Crippen molar-refractivity contribution in [2.45, 2.75) is 6.42 Å². The maximum absolute atomic E-state index is 4.19. The van der Waals surface area contributed by atoms with Gasteiger partial charge < -0.3 is 5.32 Å². The molecule has 0 fully saturated rings. The Kier molecular flexibility index (Phi) is 3.85. The van der Waals surface area contributed by atoms with Crippen LogP contribution >= 0.6 is 38.6 Å². The van der Waals surface area contributed by atoms with E-state index >= 15 is 0 Å². The van der Waals surface area contributed by atoms with Crippen LogP contribution in [-0.2, 0) is 6.42 Å². The molecule has 3 nitrogen and oxygen atoms in total. The first-order valence-corrected chi connectivity index (χ1v) is 7.00. The lowest BCUT2D eigenvalue weighted by Gasteiger charge is -1.92. The van der Waals surface area contributed by atoms with Crippen LogP contribution in [0, 0.1) is 0 Å². The molecule has 0 aliphatic carbocycles. The average Bonchev–Trinajstić information content (AvgIpc) is 2.83. The molecular formula is C9H10BrN3S2. The molecule has 0 spiro atoms. The number of hydrogen-bond acceptors (Lipinski definition) is 5. The number of rotatable bonds is 4. The molecule has 2 heterocycles. The van der Waals surface area contributed by atoms with Crippen molar-refractivity contribution < 1.29 is 0 Å². The lowest BCUT2D eigenvalue weighted by Crippen LogP contribution is -2.09. The zero-order valence-electron chi connectivity index (χ0n) is 8.16. The van der Waals surface area contributed by atoms with Crippen LogP contribution in [-0.4, -0.2) is 23.8 Å². The fraction of sp³-hybridized carbons (Fsp3) is 0.333. The molecule has 0 atom stereocenters. The van der Waals surface area contributed by atoms with Crippen LogP contribution in [0.15, 0.2) is 15.9 Å². The predicted molar refractivity (Wildman–Crippen MR) is 68.6 cm³/mol. The topological polar surface area (TPSA) is 37.8 Å². The summed E-state index contributed by atoms with van der Waals surface area (Å²) >= 11 is 6.85. The van der Waals surface area contributed by atoms with Gasteiger partial charge in [0.2, 0.25) is 0 Å². The highest BCUT2D eigenvalue weighted by Crippen LogP contribution is 2.35. The SMILES string of the molecule is CNCCc1nnc(-c2sccc2Br)s1. The summed E-state index contributed by atoms with van der Waals surface area (Å²) in [6.45, 7) is 0.945. The second kappa shape index (κ2) is 5.16. The number of nitrogens with zero attached hydrogens (tertiary/aromatic N) is 2. The largest absolute Gasteiger partial charge is 0.319 e. The molecule has 0 aromatic carbocycles. The maximum Gasteiger partial charge on any atom is 0.158 e. The van der Waals surface area contributed by atoms with Crippen LogP contribution in [0.4, 0.5) is 0 Å². The average molecular weight is 304 g/mol. The van der Waals surface area contributed by atoms with E-state index in [1.165, 1.54) is 4.88 Å². The van der Waals surface area contributed by atoms with Gasteiger partial charge in [0.05, 0.1) is 4.88 Å². The molecule has 0 aliphatic heterocycles. The van der Waals surface area contributed by atoms with Crippen LogP contribution in [0.3, 0.4) is 0 Å². The molecule has 2 aromatic rings. The van der Waals surface area contributed by atoms with Crippen molar-refractivity contribution in [3.63, 3.8) is 0 Å². The highest BCUT2D eigenvalue weighted by molar-refractivity contribution is 9.10. The molecule has 0 unspecified atom stereocenters. The smallest absolute Gasteiger partial charge is 0.158 e. The summed E-state index contributed by atoms with van der Waals surface area (Å²) in [7, 11) is 1.94. The van der Waals surface area contributed by atoms with E-state index in [0.29, 0.717) is 0 Å². The minimum atomic E-state index is 0.942. The minimum Gasteiger partial charge on any atom is -0.319 e. The Balaban J connectivity index is 2.17. The summed E-state index contributed by atoms with van der Waals surface area (Å²) in [5.74, 6) is 0. The van der Waals surface area contributed by atoms with Crippen molar-refractivity contribution >= 4 is 38.6 Å². The van der Waals surface area contributed by atoms with Gasteiger partial charge >= 0.3 is 0 Å². The van der Waals surface area contributed by atoms with Gasteiger partial charge in [-0.1, -0.05) is 11.3 Å². The summed E-state index contributed by atoms with van der Waals surface area (Å²) in [6, 6.07) is 2.04. The first-order valence-electron chi connectivity index (χ1n) is 4.51. The van der Waals surface area contributed by atoms with E-state index in [4.69, 9.17) is 0 Å². The maximum atomic E-state index is 4.19. The first kappa shape index (κ1) is 11.2. The summed E-state index contributed by atoms with van der Waals surface area (Å²) in [6.07, 6.45) is 0.942. The second-order valence-electron chi connectivity index (χ2n) is 2.95. The van der Waals surface area contributed by atoms with E-state index in [-0.39, 0.29) is 0 Å². The third-order valence-electron chi connectivity index (χ3n) is 1.87. The van der Waals surface area contributed by atoms with E-state index in [1.54, 1.807) is 22.7 Å². The van der Waals surface area contributed by atoms with Crippen molar-refractivity contribution in [1.82, 2.24) is 15.5 Å². The summed E-state index contributed by atoms with van der Waals surface area (Å²) < 4.78 is 1.10. The van der Waals surface area contributed by atoms with Gasteiger partial charge in [0.1, 0.15) is 5.01 Å². The normalized spacial score (nSPS) is 10.8. The Bertz CT molecular complexity index is 438. The lowest BCUT2D eigenvalue weighted by molar-refractivity contribution is 0.779. The number of likely N-dealkylation sites (N-methyl/N-ethyl adjacent to an activating group) is 1. The van der Waals surface area contributed by atoms with Crippen molar-refractivity contribution in [2.24, 2.45) is 0 Å². The summed E-state index contributed by atoms with van der Waals surface area (Å²) in [4.78, 5) is 1.17. The van der Waals surface area contributed by atoms with Gasteiger partial charge in [-0.05, 0) is 34.4 Å². The molecule has 0 radical (unpaired) electrons.